The lowest BCUT2D eigenvalue weighted by atomic mass is 9.86. The molecule has 1 aromatic heterocycles. The van der Waals surface area contributed by atoms with Crippen LogP contribution in [0.5, 0.6) is 11.5 Å². The Kier molecular flexibility index (Phi) is 11.0. The Hall–Kier alpha value is -4.58. The number of para-hydroxylation sites is 1. The number of nitrogens with zero attached hydrogens (tertiary/aromatic N) is 3. The van der Waals surface area contributed by atoms with Gasteiger partial charge in [0.05, 0.1) is 26.3 Å². The lowest BCUT2D eigenvalue weighted by Crippen LogP contribution is -2.53. The van der Waals surface area contributed by atoms with Crippen LogP contribution in [0.15, 0.2) is 79.1 Å². The fourth-order valence-corrected chi connectivity index (χ4v) is 7.09. The second-order valence-corrected chi connectivity index (χ2v) is 13.1. The van der Waals surface area contributed by atoms with Crippen LogP contribution in [0.2, 0.25) is 10.0 Å². The van der Waals surface area contributed by atoms with Crippen molar-refractivity contribution >= 4 is 41.0 Å². The lowest BCUT2D eigenvalue weighted by molar-refractivity contribution is -0.605. The lowest BCUT2D eigenvalue weighted by Gasteiger charge is -2.44. The number of benzene rings is 3. The number of carbonyl (C=O) groups is 2. The number of anilines is 1. The van der Waals surface area contributed by atoms with E-state index in [1.807, 2.05) is 18.2 Å². The Balaban J connectivity index is 1.23. The van der Waals surface area contributed by atoms with Gasteiger partial charge in [0.2, 0.25) is 0 Å². The molecule has 50 heavy (non-hydrogen) atoms. The standard InChI is InChI=1S/C37H36Cl2FN3O7/c1-47-32-11-9-25(17-34(32)48-2)33(18-28-29(38)20-42(46)21-30(28)39)49-36(44)27-10-8-23(16-31(27)40)19-43(26-6-4-3-5-7-26)37(45)50-35-22-41-14-12-24(35)13-15-41/h3-11,16-17,20-21,24,33,35H,12-15,18-19,22H2,1-2H3/t33-,35-/m0/s1. The van der Waals surface area contributed by atoms with Crippen molar-refractivity contribution in [3.05, 3.63) is 122 Å². The van der Waals surface area contributed by atoms with Gasteiger partial charge in [-0.1, -0.05) is 53.5 Å². The van der Waals surface area contributed by atoms with Gasteiger partial charge in [0.1, 0.15) is 28.1 Å². The smallest absolute Gasteiger partial charge is 0.414 e. The Morgan fingerprint density at radius 2 is 1.68 bits per heavy atom. The van der Waals surface area contributed by atoms with E-state index >= 15 is 4.39 Å². The molecule has 3 aromatic carbocycles. The zero-order valence-electron chi connectivity index (χ0n) is 27.5. The van der Waals surface area contributed by atoms with Gasteiger partial charge in [-0.15, -0.1) is 0 Å². The first kappa shape index (κ1) is 35.3. The Labute approximate surface area is 299 Å². The van der Waals surface area contributed by atoms with Crippen LogP contribution in [0.1, 0.15) is 46.0 Å². The van der Waals surface area contributed by atoms with Crippen molar-refractivity contribution in [1.29, 1.82) is 0 Å². The van der Waals surface area contributed by atoms with E-state index in [2.05, 4.69) is 4.90 Å². The van der Waals surface area contributed by atoms with Gasteiger partial charge in [0.15, 0.2) is 23.9 Å². The van der Waals surface area contributed by atoms with Crippen molar-refractivity contribution in [2.75, 3.05) is 38.8 Å². The summed E-state index contributed by atoms with van der Waals surface area (Å²) in [5.41, 5.74) is 1.57. The molecule has 3 fully saturated rings. The molecule has 0 N–H and O–H groups in total. The maximum Gasteiger partial charge on any atom is 0.414 e. The van der Waals surface area contributed by atoms with E-state index in [1.54, 1.807) is 36.4 Å². The first-order valence-electron chi connectivity index (χ1n) is 16.2. The summed E-state index contributed by atoms with van der Waals surface area (Å²) in [4.78, 5) is 30.9. The van der Waals surface area contributed by atoms with Crippen LogP contribution in [0.3, 0.4) is 0 Å². The first-order chi connectivity index (χ1) is 24.1. The minimum atomic E-state index is -1.02. The van der Waals surface area contributed by atoms with Gasteiger partial charge in [0.25, 0.3) is 0 Å². The van der Waals surface area contributed by atoms with Gasteiger partial charge in [0, 0.05) is 24.2 Å². The summed E-state index contributed by atoms with van der Waals surface area (Å²) in [6.07, 6.45) is 2.49. The average molecular weight is 725 g/mol. The van der Waals surface area contributed by atoms with Crippen LogP contribution in [0.25, 0.3) is 0 Å². The van der Waals surface area contributed by atoms with Crippen molar-refractivity contribution < 1.29 is 37.7 Å². The van der Waals surface area contributed by atoms with E-state index in [-0.39, 0.29) is 34.7 Å². The molecule has 0 spiro atoms. The number of esters is 1. The maximum atomic E-state index is 15.7. The van der Waals surface area contributed by atoms with Crippen LogP contribution in [-0.2, 0) is 22.4 Å². The second-order valence-electron chi connectivity index (χ2n) is 12.3. The van der Waals surface area contributed by atoms with Crippen molar-refractivity contribution in [2.45, 2.75) is 38.0 Å². The number of aromatic nitrogens is 1. The molecule has 3 aliphatic rings. The number of piperidine rings is 3. The SMILES string of the molecule is COc1ccc([C@H](Cc2c(Cl)c[n+]([O-])cc2Cl)OC(=O)c2ccc(CN(C(=O)O[C@H]3CN4CCC3CC4)c3ccccc3)cc2F)cc1OC. The van der Waals surface area contributed by atoms with E-state index in [0.29, 0.717) is 51.1 Å². The fourth-order valence-electron chi connectivity index (χ4n) is 6.50. The number of hydrogen-bond acceptors (Lipinski definition) is 8. The number of pyridine rings is 1. The van der Waals surface area contributed by atoms with Crippen molar-refractivity contribution in [3.8, 4) is 11.5 Å². The molecule has 0 unspecified atom stereocenters. The molecule has 4 heterocycles. The van der Waals surface area contributed by atoms with Gasteiger partial charge in [-0.2, -0.15) is 4.73 Å². The first-order valence-corrected chi connectivity index (χ1v) is 16.9. The van der Waals surface area contributed by atoms with Crippen LogP contribution < -0.4 is 19.1 Å². The molecule has 0 aliphatic carbocycles. The number of fused-ring (bicyclic) bond motifs is 3. The predicted molar refractivity (Wildman–Crippen MR) is 185 cm³/mol. The quantitative estimate of drug-likeness (QED) is 0.0913. The summed E-state index contributed by atoms with van der Waals surface area (Å²) in [5, 5.41) is 12.0. The molecule has 4 aromatic rings. The van der Waals surface area contributed by atoms with Crippen LogP contribution in [-0.4, -0.2) is 56.9 Å². The van der Waals surface area contributed by atoms with Gasteiger partial charge >= 0.3 is 12.1 Å². The average Bonchev–Trinajstić information content (AvgIpc) is 3.12. The summed E-state index contributed by atoms with van der Waals surface area (Å²) in [5.74, 6) is -0.634. The Bertz CT molecular complexity index is 1830. The highest BCUT2D eigenvalue weighted by Gasteiger charge is 2.37. The fraction of sp³-hybridized carbons (Fsp3) is 0.324. The molecule has 0 saturated carbocycles. The topological polar surface area (TPSA) is 104 Å². The van der Waals surface area contributed by atoms with Gasteiger partial charge in [-0.25, -0.2) is 14.0 Å². The molecular formula is C37H36Cl2FN3O7. The third-order valence-electron chi connectivity index (χ3n) is 9.21. The zero-order chi connectivity index (χ0) is 35.4. The Morgan fingerprint density at radius 3 is 2.30 bits per heavy atom. The molecule has 0 radical (unpaired) electrons. The normalized spacial score (nSPS) is 18.6. The number of hydrogen-bond donors (Lipinski definition) is 0. The molecule has 3 aliphatic heterocycles. The van der Waals surface area contributed by atoms with Crippen molar-refractivity contribution in [1.82, 2.24) is 4.90 Å². The highest BCUT2D eigenvalue weighted by Crippen LogP contribution is 2.36. The summed E-state index contributed by atoms with van der Waals surface area (Å²) in [7, 11) is 2.96. The minimum absolute atomic E-state index is 0.00911. The molecule has 10 nitrogen and oxygen atoms in total. The number of amides is 1. The molecule has 3 saturated heterocycles. The maximum absolute atomic E-state index is 15.7. The molecule has 1 amide bonds. The summed E-state index contributed by atoms with van der Waals surface area (Å²) in [6, 6.07) is 18.1. The number of carbonyl (C=O) groups excluding carboxylic acids is 2. The largest absolute Gasteiger partial charge is 0.619 e. The number of methoxy groups -OCH3 is 2. The van der Waals surface area contributed by atoms with Gasteiger partial charge < -0.3 is 24.2 Å². The van der Waals surface area contributed by atoms with E-state index < -0.39 is 24.0 Å². The molecule has 13 heteroatoms. The van der Waals surface area contributed by atoms with Gasteiger partial charge in [-0.05, 0) is 79.4 Å². The molecular weight excluding hydrogens is 688 g/mol. The highest BCUT2D eigenvalue weighted by atomic mass is 35.5. The molecule has 2 atom stereocenters. The minimum Gasteiger partial charge on any atom is -0.619 e. The van der Waals surface area contributed by atoms with Crippen LogP contribution in [0, 0.1) is 16.9 Å². The van der Waals surface area contributed by atoms with E-state index in [1.165, 1.54) is 31.3 Å². The van der Waals surface area contributed by atoms with E-state index in [0.717, 1.165) is 38.3 Å². The Morgan fingerprint density at radius 1 is 0.980 bits per heavy atom. The molecule has 2 bridgehead atoms. The molecule has 7 rings (SSSR count). The van der Waals surface area contributed by atoms with Crippen LogP contribution in [0.4, 0.5) is 14.9 Å². The second kappa shape index (κ2) is 15.5. The number of rotatable bonds is 11. The number of ether oxygens (including phenoxy) is 4. The summed E-state index contributed by atoms with van der Waals surface area (Å²) >= 11 is 12.7. The number of halogens is 3. The van der Waals surface area contributed by atoms with Gasteiger partial charge in [-0.3, -0.25) is 9.80 Å². The highest BCUT2D eigenvalue weighted by molar-refractivity contribution is 6.35. The predicted octanol–water partition coefficient (Wildman–Crippen LogP) is 7.16. The monoisotopic (exact) mass is 723 g/mol. The van der Waals surface area contributed by atoms with Crippen LogP contribution >= 0.6 is 23.2 Å². The molecule has 262 valence electrons. The summed E-state index contributed by atoms with van der Waals surface area (Å²) in [6.45, 7) is 2.74. The zero-order valence-corrected chi connectivity index (χ0v) is 29.0. The van der Waals surface area contributed by atoms with Crippen molar-refractivity contribution in [3.63, 3.8) is 0 Å². The third kappa shape index (κ3) is 7.90. The van der Waals surface area contributed by atoms with E-state index in [4.69, 9.17) is 42.1 Å². The van der Waals surface area contributed by atoms with Crippen molar-refractivity contribution in [2.24, 2.45) is 5.92 Å². The third-order valence-corrected chi connectivity index (χ3v) is 9.86. The summed E-state index contributed by atoms with van der Waals surface area (Å²) < 4.78 is 38.9. The van der Waals surface area contributed by atoms with E-state index in [9.17, 15) is 14.8 Å².